The topological polar surface area (TPSA) is 65.7 Å². The SMILES string of the molecule is CCN(CC)C(=O)CN1CCN(Cc2nc(-c3ccc(Cl)cc3)no2)CC1. The summed E-state index contributed by atoms with van der Waals surface area (Å²) < 4.78 is 5.39. The van der Waals surface area contributed by atoms with Crippen LogP contribution in [0.25, 0.3) is 11.4 Å². The number of carbonyl (C=O) groups excluding carboxylic acids is 1. The van der Waals surface area contributed by atoms with Crippen molar-refractivity contribution in [3.8, 4) is 11.4 Å². The first-order chi connectivity index (χ1) is 13.1. The molecule has 0 bridgehead atoms. The van der Waals surface area contributed by atoms with Gasteiger partial charge in [0.1, 0.15) is 0 Å². The Morgan fingerprint density at radius 1 is 1.11 bits per heavy atom. The first-order valence-corrected chi connectivity index (χ1v) is 9.77. The Morgan fingerprint density at radius 2 is 1.74 bits per heavy atom. The van der Waals surface area contributed by atoms with Crippen molar-refractivity contribution in [3.05, 3.63) is 35.2 Å². The highest BCUT2D eigenvalue weighted by molar-refractivity contribution is 6.30. The molecule has 1 aromatic heterocycles. The second kappa shape index (κ2) is 9.30. The van der Waals surface area contributed by atoms with Gasteiger partial charge < -0.3 is 9.42 Å². The zero-order valence-electron chi connectivity index (χ0n) is 15.9. The van der Waals surface area contributed by atoms with Gasteiger partial charge in [-0.15, -0.1) is 0 Å². The van der Waals surface area contributed by atoms with Gasteiger partial charge in [0, 0.05) is 49.9 Å². The van der Waals surface area contributed by atoms with Crippen LogP contribution in [0.1, 0.15) is 19.7 Å². The molecule has 1 aliphatic heterocycles. The van der Waals surface area contributed by atoms with E-state index in [2.05, 4.69) is 19.9 Å². The molecule has 1 aliphatic rings. The van der Waals surface area contributed by atoms with E-state index in [1.165, 1.54) is 0 Å². The molecule has 1 saturated heterocycles. The molecular weight excluding hydrogens is 366 g/mol. The highest BCUT2D eigenvalue weighted by atomic mass is 35.5. The molecule has 0 saturated carbocycles. The van der Waals surface area contributed by atoms with Crippen molar-refractivity contribution in [2.24, 2.45) is 0 Å². The summed E-state index contributed by atoms with van der Waals surface area (Å²) in [5.41, 5.74) is 0.883. The van der Waals surface area contributed by atoms with Gasteiger partial charge in [0.2, 0.25) is 17.6 Å². The van der Waals surface area contributed by atoms with Gasteiger partial charge in [-0.1, -0.05) is 16.8 Å². The molecule has 1 aromatic carbocycles. The van der Waals surface area contributed by atoms with Gasteiger partial charge in [-0.25, -0.2) is 0 Å². The smallest absolute Gasteiger partial charge is 0.241 e. The molecule has 146 valence electrons. The Labute approximate surface area is 164 Å². The van der Waals surface area contributed by atoms with Crippen molar-refractivity contribution < 1.29 is 9.32 Å². The van der Waals surface area contributed by atoms with Crippen molar-refractivity contribution >= 4 is 17.5 Å². The van der Waals surface area contributed by atoms with Crippen LogP contribution in [0.4, 0.5) is 0 Å². The first-order valence-electron chi connectivity index (χ1n) is 9.40. The molecule has 0 unspecified atom stereocenters. The summed E-state index contributed by atoms with van der Waals surface area (Å²) in [6.45, 7) is 10.2. The van der Waals surface area contributed by atoms with E-state index in [4.69, 9.17) is 16.1 Å². The lowest BCUT2D eigenvalue weighted by Gasteiger charge is -2.34. The van der Waals surface area contributed by atoms with Crippen LogP contribution in [0.5, 0.6) is 0 Å². The maximum absolute atomic E-state index is 12.2. The Balaban J connectivity index is 1.48. The van der Waals surface area contributed by atoms with Crippen molar-refractivity contribution in [2.45, 2.75) is 20.4 Å². The third kappa shape index (κ3) is 5.28. The largest absolute Gasteiger partial charge is 0.342 e. The van der Waals surface area contributed by atoms with Gasteiger partial charge in [0.25, 0.3) is 0 Å². The summed E-state index contributed by atoms with van der Waals surface area (Å²) in [5, 5.41) is 4.74. The molecular formula is C19H26ClN5O2. The number of likely N-dealkylation sites (N-methyl/N-ethyl adjacent to an activating group) is 1. The van der Waals surface area contributed by atoms with E-state index < -0.39 is 0 Å². The van der Waals surface area contributed by atoms with Crippen LogP contribution in [0.15, 0.2) is 28.8 Å². The monoisotopic (exact) mass is 391 g/mol. The van der Waals surface area contributed by atoms with Crippen LogP contribution in [-0.2, 0) is 11.3 Å². The van der Waals surface area contributed by atoms with E-state index in [9.17, 15) is 4.79 Å². The lowest BCUT2D eigenvalue weighted by molar-refractivity contribution is -0.132. The van der Waals surface area contributed by atoms with Gasteiger partial charge in [-0.3, -0.25) is 14.6 Å². The Morgan fingerprint density at radius 3 is 2.37 bits per heavy atom. The van der Waals surface area contributed by atoms with Crippen LogP contribution in [0.3, 0.4) is 0 Å². The fourth-order valence-electron chi connectivity index (χ4n) is 3.20. The van der Waals surface area contributed by atoms with E-state index in [-0.39, 0.29) is 5.91 Å². The fraction of sp³-hybridized carbons (Fsp3) is 0.526. The van der Waals surface area contributed by atoms with Crippen LogP contribution in [-0.4, -0.2) is 76.6 Å². The molecule has 8 heteroatoms. The van der Waals surface area contributed by atoms with Crippen LogP contribution in [0.2, 0.25) is 5.02 Å². The molecule has 1 amide bonds. The summed E-state index contributed by atoms with van der Waals surface area (Å²) in [5.74, 6) is 1.38. The number of halogens is 1. The number of rotatable bonds is 7. The van der Waals surface area contributed by atoms with Crippen LogP contribution in [0, 0.1) is 0 Å². The first kappa shape index (κ1) is 19.8. The predicted molar refractivity (Wildman–Crippen MR) is 104 cm³/mol. The summed E-state index contributed by atoms with van der Waals surface area (Å²) in [6, 6.07) is 7.38. The number of amides is 1. The molecule has 0 N–H and O–H groups in total. The number of nitrogens with zero attached hydrogens (tertiary/aromatic N) is 5. The number of aromatic nitrogens is 2. The number of carbonyl (C=O) groups is 1. The highest BCUT2D eigenvalue weighted by Gasteiger charge is 2.22. The Kier molecular flexibility index (Phi) is 6.82. The van der Waals surface area contributed by atoms with Gasteiger partial charge in [0.15, 0.2) is 0 Å². The Bertz CT molecular complexity index is 737. The summed E-state index contributed by atoms with van der Waals surface area (Å²) in [7, 11) is 0. The lowest BCUT2D eigenvalue weighted by atomic mass is 10.2. The molecule has 27 heavy (non-hydrogen) atoms. The molecule has 2 heterocycles. The molecule has 0 radical (unpaired) electrons. The third-order valence-electron chi connectivity index (χ3n) is 4.87. The zero-order chi connectivity index (χ0) is 19.2. The molecule has 0 spiro atoms. The Hall–Kier alpha value is -1.96. The zero-order valence-corrected chi connectivity index (χ0v) is 16.7. The van der Waals surface area contributed by atoms with E-state index in [1.807, 2.05) is 43.0 Å². The van der Waals surface area contributed by atoms with E-state index in [0.29, 0.717) is 29.8 Å². The molecule has 1 fully saturated rings. The number of hydrogen-bond donors (Lipinski definition) is 0. The third-order valence-corrected chi connectivity index (χ3v) is 5.12. The maximum atomic E-state index is 12.2. The van der Waals surface area contributed by atoms with Gasteiger partial charge in [-0.05, 0) is 38.1 Å². The van der Waals surface area contributed by atoms with E-state index in [0.717, 1.165) is 44.8 Å². The minimum Gasteiger partial charge on any atom is -0.342 e. The van der Waals surface area contributed by atoms with E-state index in [1.54, 1.807) is 0 Å². The van der Waals surface area contributed by atoms with Crippen LogP contribution < -0.4 is 0 Å². The van der Waals surface area contributed by atoms with Crippen molar-refractivity contribution in [1.82, 2.24) is 24.8 Å². The molecule has 7 nitrogen and oxygen atoms in total. The van der Waals surface area contributed by atoms with Gasteiger partial charge in [0.05, 0.1) is 13.1 Å². The van der Waals surface area contributed by atoms with Crippen molar-refractivity contribution in [1.29, 1.82) is 0 Å². The maximum Gasteiger partial charge on any atom is 0.241 e. The highest BCUT2D eigenvalue weighted by Crippen LogP contribution is 2.19. The summed E-state index contributed by atoms with van der Waals surface area (Å²) in [6.07, 6.45) is 0. The van der Waals surface area contributed by atoms with Gasteiger partial charge >= 0.3 is 0 Å². The number of hydrogen-bond acceptors (Lipinski definition) is 6. The molecule has 2 aromatic rings. The minimum atomic E-state index is 0.206. The predicted octanol–water partition coefficient (Wildman–Crippen LogP) is 2.38. The molecule has 0 aliphatic carbocycles. The van der Waals surface area contributed by atoms with Gasteiger partial charge in [-0.2, -0.15) is 4.98 Å². The average Bonchev–Trinajstić information content (AvgIpc) is 3.13. The average molecular weight is 392 g/mol. The summed E-state index contributed by atoms with van der Waals surface area (Å²) in [4.78, 5) is 23.1. The standard InChI is InChI=1S/C19H26ClN5O2/c1-3-25(4-2)18(26)14-24-11-9-23(10-12-24)13-17-21-19(22-27-17)15-5-7-16(20)8-6-15/h5-8H,3-4,9-14H2,1-2H3. The second-order valence-electron chi connectivity index (χ2n) is 6.64. The quantitative estimate of drug-likeness (QED) is 0.722. The van der Waals surface area contributed by atoms with Crippen LogP contribution >= 0.6 is 11.6 Å². The van der Waals surface area contributed by atoms with Crippen molar-refractivity contribution in [2.75, 3.05) is 45.8 Å². The number of piperazine rings is 1. The number of benzene rings is 1. The second-order valence-corrected chi connectivity index (χ2v) is 7.07. The normalized spacial score (nSPS) is 15.8. The molecule has 0 atom stereocenters. The molecule has 3 rings (SSSR count). The lowest BCUT2D eigenvalue weighted by Crippen LogP contribution is -2.49. The van der Waals surface area contributed by atoms with Crippen molar-refractivity contribution in [3.63, 3.8) is 0 Å². The van der Waals surface area contributed by atoms with E-state index >= 15 is 0 Å². The summed E-state index contributed by atoms with van der Waals surface area (Å²) >= 11 is 5.91. The fourth-order valence-corrected chi connectivity index (χ4v) is 3.33. The minimum absolute atomic E-state index is 0.206.